The zero-order valence-corrected chi connectivity index (χ0v) is 17.6. The quantitative estimate of drug-likeness (QED) is 0.596. The fraction of sp³-hybridized carbons (Fsp3) is 0.360. The summed E-state index contributed by atoms with van der Waals surface area (Å²) in [5.74, 6) is 2.37. The van der Waals surface area contributed by atoms with E-state index in [2.05, 4.69) is 17.1 Å². The number of rotatable bonds is 6. The number of para-hydroxylation sites is 1. The maximum absolute atomic E-state index is 13.1. The Hall–Kier alpha value is -3.08. The van der Waals surface area contributed by atoms with Crippen molar-refractivity contribution in [1.29, 1.82) is 0 Å². The number of carbonyl (C=O) groups is 1. The summed E-state index contributed by atoms with van der Waals surface area (Å²) in [5.41, 5.74) is 2.72. The molecule has 1 fully saturated rings. The summed E-state index contributed by atoms with van der Waals surface area (Å²) in [6, 6.07) is 15.8. The van der Waals surface area contributed by atoms with Crippen molar-refractivity contribution >= 4 is 16.8 Å². The van der Waals surface area contributed by atoms with Crippen molar-refractivity contribution < 1.29 is 14.3 Å². The number of aromatic nitrogens is 1. The molecule has 0 unspecified atom stereocenters. The number of ether oxygens (including phenoxy) is 2. The number of methoxy groups -OCH3 is 2. The third-order valence-electron chi connectivity index (χ3n) is 6.02. The molecule has 30 heavy (non-hydrogen) atoms. The van der Waals surface area contributed by atoms with E-state index < -0.39 is 0 Å². The van der Waals surface area contributed by atoms with Crippen LogP contribution in [-0.2, 0) is 6.42 Å². The lowest BCUT2D eigenvalue weighted by atomic mass is 9.90. The molecule has 0 spiro atoms. The van der Waals surface area contributed by atoms with Crippen molar-refractivity contribution in [2.45, 2.75) is 25.7 Å². The largest absolute Gasteiger partial charge is 0.497 e. The maximum Gasteiger partial charge on any atom is 0.256 e. The van der Waals surface area contributed by atoms with Gasteiger partial charge in [-0.2, -0.15) is 0 Å². The molecule has 2 aromatic carbocycles. The molecular weight excluding hydrogens is 376 g/mol. The van der Waals surface area contributed by atoms with E-state index in [1.165, 1.54) is 5.56 Å². The Morgan fingerprint density at radius 1 is 1.03 bits per heavy atom. The van der Waals surface area contributed by atoms with Gasteiger partial charge >= 0.3 is 0 Å². The minimum absolute atomic E-state index is 0.0929. The van der Waals surface area contributed by atoms with Crippen LogP contribution in [0.15, 0.2) is 54.7 Å². The van der Waals surface area contributed by atoms with E-state index in [4.69, 9.17) is 9.47 Å². The van der Waals surface area contributed by atoms with Gasteiger partial charge in [0.2, 0.25) is 0 Å². The molecule has 0 radical (unpaired) electrons. The third kappa shape index (κ3) is 4.40. The molecule has 0 bridgehead atoms. The number of likely N-dealkylation sites (tertiary alicyclic amines) is 1. The number of hydrogen-bond acceptors (Lipinski definition) is 4. The van der Waals surface area contributed by atoms with Crippen LogP contribution in [0.2, 0.25) is 0 Å². The van der Waals surface area contributed by atoms with Gasteiger partial charge in [-0.1, -0.05) is 18.2 Å². The van der Waals surface area contributed by atoms with Crippen molar-refractivity contribution in [2.75, 3.05) is 27.3 Å². The van der Waals surface area contributed by atoms with Gasteiger partial charge in [0.05, 0.1) is 25.3 Å². The minimum atomic E-state index is 0.0929. The number of benzene rings is 2. The molecule has 5 heteroatoms. The lowest BCUT2D eigenvalue weighted by Gasteiger charge is -2.32. The first-order chi connectivity index (χ1) is 14.7. The Bertz CT molecular complexity index is 998. The fourth-order valence-electron chi connectivity index (χ4n) is 4.25. The highest BCUT2D eigenvalue weighted by molar-refractivity contribution is 6.05. The second kappa shape index (κ2) is 9.16. The Balaban J connectivity index is 1.35. The minimum Gasteiger partial charge on any atom is -0.497 e. The fourth-order valence-corrected chi connectivity index (χ4v) is 4.25. The van der Waals surface area contributed by atoms with Crippen molar-refractivity contribution in [2.24, 2.45) is 5.92 Å². The Morgan fingerprint density at radius 2 is 1.73 bits per heavy atom. The molecule has 0 saturated carbocycles. The van der Waals surface area contributed by atoms with Crippen molar-refractivity contribution in [3.05, 3.63) is 65.9 Å². The summed E-state index contributed by atoms with van der Waals surface area (Å²) < 4.78 is 10.7. The summed E-state index contributed by atoms with van der Waals surface area (Å²) in [4.78, 5) is 19.5. The van der Waals surface area contributed by atoms with Crippen LogP contribution in [0.3, 0.4) is 0 Å². The van der Waals surface area contributed by atoms with E-state index in [0.717, 1.165) is 61.2 Å². The topological polar surface area (TPSA) is 51.7 Å². The van der Waals surface area contributed by atoms with Gasteiger partial charge < -0.3 is 14.4 Å². The number of piperidine rings is 1. The molecule has 1 aliphatic heterocycles. The van der Waals surface area contributed by atoms with E-state index in [9.17, 15) is 4.79 Å². The third-order valence-corrected chi connectivity index (χ3v) is 6.02. The smallest absolute Gasteiger partial charge is 0.256 e. The Kier molecular flexibility index (Phi) is 6.17. The summed E-state index contributed by atoms with van der Waals surface area (Å²) in [7, 11) is 3.35. The molecular formula is C25H28N2O3. The SMILES string of the molecule is COc1cc(CCC2CCN(C(=O)c3cccc4cccnc34)CC2)cc(OC)c1. The van der Waals surface area contributed by atoms with Gasteiger partial charge in [0, 0.05) is 30.7 Å². The molecule has 156 valence electrons. The number of pyridine rings is 1. The molecule has 4 rings (SSSR count). The predicted molar refractivity (Wildman–Crippen MR) is 118 cm³/mol. The molecule has 1 amide bonds. The molecule has 3 aromatic rings. The normalized spacial score (nSPS) is 14.7. The van der Waals surface area contributed by atoms with Crippen LogP contribution in [0, 0.1) is 5.92 Å². The Morgan fingerprint density at radius 3 is 2.43 bits per heavy atom. The van der Waals surface area contributed by atoms with Crippen molar-refractivity contribution in [3.63, 3.8) is 0 Å². The maximum atomic E-state index is 13.1. The summed E-state index contributed by atoms with van der Waals surface area (Å²) in [5, 5.41) is 1.01. The van der Waals surface area contributed by atoms with Crippen LogP contribution < -0.4 is 9.47 Å². The highest BCUT2D eigenvalue weighted by atomic mass is 16.5. The zero-order valence-electron chi connectivity index (χ0n) is 17.6. The monoisotopic (exact) mass is 404 g/mol. The van der Waals surface area contributed by atoms with Crippen LogP contribution in [0.5, 0.6) is 11.5 Å². The standard InChI is InChI=1S/C25H28N2O3/c1-29-21-15-19(16-22(17-21)30-2)9-8-18-10-13-27(14-11-18)25(28)23-7-3-5-20-6-4-12-26-24(20)23/h3-7,12,15-18H,8-11,13-14H2,1-2H3. The van der Waals surface area contributed by atoms with Crippen LogP contribution in [0.1, 0.15) is 35.2 Å². The molecule has 1 saturated heterocycles. The molecule has 5 nitrogen and oxygen atoms in total. The number of aryl methyl sites for hydroxylation is 1. The molecule has 0 N–H and O–H groups in total. The van der Waals surface area contributed by atoms with Gasteiger partial charge in [-0.25, -0.2) is 0 Å². The van der Waals surface area contributed by atoms with E-state index in [-0.39, 0.29) is 5.91 Å². The van der Waals surface area contributed by atoms with E-state index >= 15 is 0 Å². The Labute approximate surface area is 177 Å². The van der Waals surface area contributed by atoms with E-state index in [0.29, 0.717) is 11.5 Å². The summed E-state index contributed by atoms with van der Waals surface area (Å²) in [6.45, 7) is 1.60. The van der Waals surface area contributed by atoms with Gasteiger partial charge in [0.15, 0.2) is 0 Å². The second-order valence-electron chi connectivity index (χ2n) is 7.88. The van der Waals surface area contributed by atoms with Gasteiger partial charge in [-0.05, 0) is 61.4 Å². The molecule has 2 heterocycles. The predicted octanol–water partition coefficient (Wildman–Crippen LogP) is 4.74. The summed E-state index contributed by atoms with van der Waals surface area (Å²) in [6.07, 6.45) is 5.91. The van der Waals surface area contributed by atoms with Gasteiger partial charge in [0.25, 0.3) is 5.91 Å². The lowest BCUT2D eigenvalue weighted by Crippen LogP contribution is -2.38. The number of fused-ring (bicyclic) bond motifs is 1. The molecule has 1 aromatic heterocycles. The first kappa shape index (κ1) is 20.2. The molecule has 0 aliphatic carbocycles. The first-order valence-electron chi connectivity index (χ1n) is 10.5. The number of hydrogen-bond donors (Lipinski definition) is 0. The van der Waals surface area contributed by atoms with E-state index in [1.807, 2.05) is 41.3 Å². The van der Waals surface area contributed by atoms with Gasteiger partial charge in [0.1, 0.15) is 11.5 Å². The van der Waals surface area contributed by atoms with Crippen LogP contribution >= 0.6 is 0 Å². The highest BCUT2D eigenvalue weighted by Gasteiger charge is 2.25. The van der Waals surface area contributed by atoms with Crippen LogP contribution in [-0.4, -0.2) is 43.1 Å². The number of carbonyl (C=O) groups excluding carboxylic acids is 1. The number of amides is 1. The van der Waals surface area contributed by atoms with Gasteiger partial charge in [-0.3, -0.25) is 9.78 Å². The average molecular weight is 405 g/mol. The first-order valence-corrected chi connectivity index (χ1v) is 10.5. The van der Waals surface area contributed by atoms with E-state index in [1.54, 1.807) is 20.4 Å². The van der Waals surface area contributed by atoms with Crippen LogP contribution in [0.4, 0.5) is 0 Å². The lowest BCUT2D eigenvalue weighted by molar-refractivity contribution is 0.0688. The molecule has 0 atom stereocenters. The molecule has 1 aliphatic rings. The van der Waals surface area contributed by atoms with Crippen LogP contribution in [0.25, 0.3) is 10.9 Å². The van der Waals surface area contributed by atoms with Gasteiger partial charge in [-0.15, -0.1) is 0 Å². The van der Waals surface area contributed by atoms with Crippen molar-refractivity contribution in [1.82, 2.24) is 9.88 Å². The van der Waals surface area contributed by atoms with Crippen molar-refractivity contribution in [3.8, 4) is 11.5 Å². The summed E-state index contributed by atoms with van der Waals surface area (Å²) >= 11 is 0. The second-order valence-corrected chi connectivity index (χ2v) is 7.88. The zero-order chi connectivity index (χ0) is 20.9. The average Bonchev–Trinajstić information content (AvgIpc) is 2.82. The number of nitrogens with zero attached hydrogens (tertiary/aromatic N) is 2. The highest BCUT2D eigenvalue weighted by Crippen LogP contribution is 2.28.